The normalized spacial score (nSPS) is 11.8. The Kier molecular flexibility index (Phi) is 9.33. The first-order chi connectivity index (χ1) is 11.1. The zero-order chi connectivity index (χ0) is 17.1. The van der Waals surface area contributed by atoms with Crippen LogP contribution in [0.5, 0.6) is 0 Å². The lowest BCUT2D eigenvalue weighted by molar-refractivity contribution is 0.163. The Bertz CT molecular complexity index is 459. The van der Waals surface area contributed by atoms with Crippen molar-refractivity contribution in [2.75, 3.05) is 54.0 Å². The zero-order valence-electron chi connectivity index (χ0n) is 15.3. The first kappa shape index (κ1) is 19.5. The van der Waals surface area contributed by atoms with Crippen LogP contribution in [0.2, 0.25) is 0 Å². The van der Waals surface area contributed by atoms with Crippen LogP contribution in [-0.2, 0) is 11.3 Å². The van der Waals surface area contributed by atoms with Crippen LogP contribution in [0.15, 0.2) is 29.3 Å². The Morgan fingerprint density at radius 1 is 1.17 bits per heavy atom. The number of aryl methyl sites for hydroxylation is 1. The largest absolute Gasteiger partial charge is 0.383 e. The molecule has 0 amide bonds. The molecule has 0 aliphatic heterocycles. The molecule has 0 aliphatic carbocycles. The molecule has 23 heavy (non-hydrogen) atoms. The summed E-state index contributed by atoms with van der Waals surface area (Å²) in [5.41, 5.74) is 2.58. The van der Waals surface area contributed by atoms with Gasteiger partial charge in [0.15, 0.2) is 5.96 Å². The van der Waals surface area contributed by atoms with Crippen molar-refractivity contribution in [3.05, 3.63) is 35.4 Å². The molecule has 5 nitrogen and oxygen atoms in total. The molecule has 0 spiro atoms. The zero-order valence-corrected chi connectivity index (χ0v) is 15.3. The Morgan fingerprint density at radius 2 is 1.87 bits per heavy atom. The highest BCUT2D eigenvalue weighted by Gasteiger charge is 2.06. The van der Waals surface area contributed by atoms with Gasteiger partial charge in [0, 0.05) is 40.3 Å². The second-order valence-corrected chi connectivity index (χ2v) is 5.87. The van der Waals surface area contributed by atoms with E-state index >= 15 is 0 Å². The van der Waals surface area contributed by atoms with Crippen LogP contribution in [0.1, 0.15) is 18.1 Å². The first-order valence-corrected chi connectivity index (χ1v) is 8.29. The summed E-state index contributed by atoms with van der Waals surface area (Å²) in [5, 5.41) is 3.36. The van der Waals surface area contributed by atoms with E-state index in [4.69, 9.17) is 9.73 Å². The molecule has 0 aliphatic rings. The monoisotopic (exact) mass is 320 g/mol. The number of guanidine groups is 1. The molecule has 0 aromatic heterocycles. The Balaban J connectivity index is 2.54. The molecule has 5 heteroatoms. The number of nitrogens with zero attached hydrogens (tertiary/aromatic N) is 3. The SMILES string of the molecule is CCNC(=NCCN(C)CCOC)N(C)Cc1ccc(C)cc1. The van der Waals surface area contributed by atoms with E-state index < -0.39 is 0 Å². The third kappa shape index (κ3) is 8.00. The molecular weight excluding hydrogens is 288 g/mol. The summed E-state index contributed by atoms with van der Waals surface area (Å²) in [6.07, 6.45) is 0. The summed E-state index contributed by atoms with van der Waals surface area (Å²) in [5.74, 6) is 0.952. The molecule has 1 aromatic rings. The lowest BCUT2D eigenvalue weighted by Crippen LogP contribution is -2.39. The Morgan fingerprint density at radius 3 is 2.48 bits per heavy atom. The first-order valence-electron chi connectivity index (χ1n) is 8.29. The van der Waals surface area contributed by atoms with Gasteiger partial charge in [-0.05, 0) is 26.5 Å². The molecule has 1 aromatic carbocycles. The molecule has 130 valence electrons. The van der Waals surface area contributed by atoms with E-state index in [1.807, 2.05) is 0 Å². The topological polar surface area (TPSA) is 40.1 Å². The van der Waals surface area contributed by atoms with Gasteiger partial charge >= 0.3 is 0 Å². The van der Waals surface area contributed by atoms with Crippen molar-refractivity contribution in [3.63, 3.8) is 0 Å². The van der Waals surface area contributed by atoms with Crippen LogP contribution in [0.3, 0.4) is 0 Å². The number of likely N-dealkylation sites (N-methyl/N-ethyl adjacent to an activating group) is 1. The van der Waals surface area contributed by atoms with Crippen molar-refractivity contribution in [1.29, 1.82) is 0 Å². The maximum Gasteiger partial charge on any atom is 0.194 e. The number of aliphatic imine (C=N–C) groups is 1. The summed E-state index contributed by atoms with van der Waals surface area (Å²) < 4.78 is 5.09. The average Bonchev–Trinajstić information content (AvgIpc) is 2.54. The van der Waals surface area contributed by atoms with Gasteiger partial charge in [-0.3, -0.25) is 4.99 Å². The Labute approximate surface area is 141 Å². The van der Waals surface area contributed by atoms with Crippen LogP contribution in [0.25, 0.3) is 0 Å². The van der Waals surface area contributed by atoms with Gasteiger partial charge in [-0.15, -0.1) is 0 Å². The van der Waals surface area contributed by atoms with Crippen LogP contribution < -0.4 is 5.32 Å². The standard InChI is InChI=1S/C18H32N4O/c1-6-19-18(20-11-12-21(3)13-14-23-5)22(4)15-17-9-7-16(2)8-10-17/h7-10H,6,11-15H2,1-5H3,(H,19,20). The van der Waals surface area contributed by atoms with Crippen molar-refractivity contribution in [1.82, 2.24) is 15.1 Å². The second-order valence-electron chi connectivity index (χ2n) is 5.87. The maximum absolute atomic E-state index is 5.09. The molecule has 0 unspecified atom stereocenters. The van der Waals surface area contributed by atoms with Gasteiger partial charge in [0.25, 0.3) is 0 Å². The molecule has 0 radical (unpaired) electrons. The van der Waals surface area contributed by atoms with E-state index in [1.165, 1.54) is 11.1 Å². The van der Waals surface area contributed by atoms with Crippen LogP contribution in [-0.4, -0.2) is 69.8 Å². The van der Waals surface area contributed by atoms with E-state index in [2.05, 4.69) is 67.3 Å². The third-order valence-corrected chi connectivity index (χ3v) is 3.66. The van der Waals surface area contributed by atoms with Crippen LogP contribution in [0, 0.1) is 6.92 Å². The van der Waals surface area contributed by atoms with Crippen molar-refractivity contribution in [3.8, 4) is 0 Å². The average molecular weight is 320 g/mol. The van der Waals surface area contributed by atoms with Crippen LogP contribution in [0.4, 0.5) is 0 Å². The highest BCUT2D eigenvalue weighted by atomic mass is 16.5. The van der Waals surface area contributed by atoms with Crippen molar-refractivity contribution in [2.45, 2.75) is 20.4 Å². The van der Waals surface area contributed by atoms with E-state index in [9.17, 15) is 0 Å². The smallest absolute Gasteiger partial charge is 0.194 e. The Hall–Kier alpha value is -1.59. The summed E-state index contributed by atoms with van der Waals surface area (Å²) in [6, 6.07) is 8.65. The van der Waals surface area contributed by atoms with Crippen molar-refractivity contribution < 1.29 is 4.74 Å². The molecule has 1 N–H and O–H groups in total. The fourth-order valence-electron chi connectivity index (χ4n) is 2.20. The van der Waals surface area contributed by atoms with Crippen LogP contribution >= 0.6 is 0 Å². The molecule has 0 saturated carbocycles. The predicted octanol–water partition coefficient (Wildman–Crippen LogP) is 1.97. The molecule has 0 atom stereocenters. The predicted molar refractivity (Wildman–Crippen MR) is 98.0 cm³/mol. The number of rotatable bonds is 9. The van der Waals surface area contributed by atoms with Gasteiger partial charge in [-0.1, -0.05) is 29.8 Å². The van der Waals surface area contributed by atoms with Gasteiger partial charge < -0.3 is 19.9 Å². The number of benzene rings is 1. The summed E-state index contributed by atoms with van der Waals surface area (Å²) in [6.45, 7) is 9.33. The van der Waals surface area contributed by atoms with Crippen molar-refractivity contribution >= 4 is 5.96 Å². The van der Waals surface area contributed by atoms with Gasteiger partial charge in [0.1, 0.15) is 0 Å². The van der Waals surface area contributed by atoms with Gasteiger partial charge in [0.2, 0.25) is 0 Å². The highest BCUT2D eigenvalue weighted by Crippen LogP contribution is 2.06. The minimum absolute atomic E-state index is 0.758. The van der Waals surface area contributed by atoms with Gasteiger partial charge in [-0.25, -0.2) is 0 Å². The van der Waals surface area contributed by atoms with E-state index in [1.54, 1.807) is 7.11 Å². The molecule has 1 rings (SSSR count). The number of hydrogen-bond donors (Lipinski definition) is 1. The molecular formula is C18H32N4O. The maximum atomic E-state index is 5.09. The summed E-state index contributed by atoms with van der Waals surface area (Å²) in [4.78, 5) is 9.13. The number of hydrogen-bond acceptors (Lipinski definition) is 3. The minimum Gasteiger partial charge on any atom is -0.383 e. The highest BCUT2D eigenvalue weighted by molar-refractivity contribution is 5.79. The molecule has 0 fully saturated rings. The van der Waals surface area contributed by atoms with E-state index in [0.29, 0.717) is 0 Å². The quantitative estimate of drug-likeness (QED) is 0.558. The second kappa shape index (κ2) is 11.0. The number of methoxy groups -OCH3 is 1. The van der Waals surface area contributed by atoms with Gasteiger partial charge in [0.05, 0.1) is 13.2 Å². The minimum atomic E-state index is 0.758. The molecule has 0 heterocycles. The third-order valence-electron chi connectivity index (χ3n) is 3.66. The summed E-state index contributed by atoms with van der Waals surface area (Å²) >= 11 is 0. The van der Waals surface area contributed by atoms with Crippen molar-refractivity contribution in [2.24, 2.45) is 4.99 Å². The fraction of sp³-hybridized carbons (Fsp3) is 0.611. The molecule has 0 bridgehead atoms. The lowest BCUT2D eigenvalue weighted by atomic mass is 10.1. The number of nitrogens with one attached hydrogen (secondary N) is 1. The van der Waals surface area contributed by atoms with E-state index in [0.717, 1.165) is 45.3 Å². The fourth-order valence-corrected chi connectivity index (χ4v) is 2.20. The molecule has 0 saturated heterocycles. The van der Waals surface area contributed by atoms with Gasteiger partial charge in [-0.2, -0.15) is 0 Å². The lowest BCUT2D eigenvalue weighted by Gasteiger charge is -2.23. The summed E-state index contributed by atoms with van der Waals surface area (Å²) in [7, 11) is 5.91. The van der Waals surface area contributed by atoms with E-state index in [-0.39, 0.29) is 0 Å². The number of ether oxygens (including phenoxy) is 1.